The van der Waals surface area contributed by atoms with E-state index in [-0.39, 0.29) is 0 Å². The van der Waals surface area contributed by atoms with E-state index in [1.807, 2.05) is 0 Å². The van der Waals surface area contributed by atoms with Crippen molar-refractivity contribution in [3.63, 3.8) is 0 Å². The van der Waals surface area contributed by atoms with Crippen LogP contribution in [0.1, 0.15) is 24.0 Å². The Bertz CT molecular complexity index is 359. The molecule has 0 aliphatic carbocycles. The Hall–Kier alpha value is -1.12. The summed E-state index contributed by atoms with van der Waals surface area (Å²) in [5.41, 5.74) is 2.63. The molecule has 2 rings (SSSR count). The third kappa shape index (κ3) is 4.63. The zero-order valence-corrected chi connectivity index (χ0v) is 11.4. The molecule has 18 heavy (non-hydrogen) atoms. The van der Waals surface area contributed by atoms with Crippen LogP contribution in [0.3, 0.4) is 0 Å². The molecular weight excluding hydrogens is 220 g/mol. The Morgan fingerprint density at radius 2 is 2.00 bits per heavy atom. The fourth-order valence-corrected chi connectivity index (χ4v) is 2.28. The van der Waals surface area contributed by atoms with Crippen LogP contribution in [0.25, 0.3) is 6.08 Å². The summed E-state index contributed by atoms with van der Waals surface area (Å²) in [5, 5.41) is 3.44. The van der Waals surface area contributed by atoms with Gasteiger partial charge in [0, 0.05) is 19.6 Å². The molecule has 1 heterocycles. The van der Waals surface area contributed by atoms with Gasteiger partial charge in [-0.2, -0.15) is 0 Å². The van der Waals surface area contributed by atoms with Crippen molar-refractivity contribution in [2.24, 2.45) is 0 Å². The smallest absolute Gasteiger partial charge is 0.0107 e. The van der Waals surface area contributed by atoms with Crippen LogP contribution < -0.4 is 5.32 Å². The zero-order chi connectivity index (χ0) is 12.6. The number of nitrogens with one attached hydrogen (secondary N) is 1. The second-order valence-electron chi connectivity index (χ2n) is 5.05. The van der Waals surface area contributed by atoms with Gasteiger partial charge in [-0.05, 0) is 38.4 Å². The fraction of sp³-hybridized carbons (Fsp3) is 0.500. The molecule has 1 saturated heterocycles. The normalized spacial score (nSPS) is 18.1. The van der Waals surface area contributed by atoms with Gasteiger partial charge in [-0.3, -0.25) is 0 Å². The summed E-state index contributed by atoms with van der Waals surface area (Å²) in [6.45, 7) is 8.06. The van der Waals surface area contributed by atoms with Crippen LogP contribution in [-0.4, -0.2) is 37.6 Å². The highest BCUT2D eigenvalue weighted by atomic mass is 15.1. The van der Waals surface area contributed by atoms with Gasteiger partial charge in [-0.1, -0.05) is 42.0 Å². The summed E-state index contributed by atoms with van der Waals surface area (Å²) in [6, 6.07) is 8.70. The highest BCUT2D eigenvalue weighted by molar-refractivity contribution is 5.49. The summed E-state index contributed by atoms with van der Waals surface area (Å²) in [4.78, 5) is 2.56. The molecular formula is C16H24N2. The van der Waals surface area contributed by atoms with E-state index < -0.39 is 0 Å². The lowest BCUT2D eigenvalue weighted by Crippen LogP contribution is -2.28. The number of hydrogen-bond donors (Lipinski definition) is 1. The van der Waals surface area contributed by atoms with Gasteiger partial charge < -0.3 is 10.2 Å². The quantitative estimate of drug-likeness (QED) is 0.876. The van der Waals surface area contributed by atoms with Gasteiger partial charge in [0.25, 0.3) is 0 Å². The van der Waals surface area contributed by atoms with E-state index in [9.17, 15) is 0 Å². The molecule has 1 aliphatic heterocycles. The number of nitrogens with zero attached hydrogens (tertiary/aromatic N) is 1. The van der Waals surface area contributed by atoms with Gasteiger partial charge in [0.15, 0.2) is 0 Å². The summed E-state index contributed by atoms with van der Waals surface area (Å²) in [7, 11) is 0. The predicted octanol–water partition coefficient (Wildman–Crippen LogP) is 2.69. The maximum Gasteiger partial charge on any atom is 0.0107 e. The summed E-state index contributed by atoms with van der Waals surface area (Å²) in [6.07, 6.45) is 6.95. The maximum atomic E-state index is 3.44. The zero-order valence-electron chi connectivity index (χ0n) is 11.4. The van der Waals surface area contributed by atoms with E-state index in [2.05, 4.69) is 53.6 Å². The van der Waals surface area contributed by atoms with Crippen molar-refractivity contribution < 1.29 is 0 Å². The first-order valence-electron chi connectivity index (χ1n) is 7.01. The Morgan fingerprint density at radius 1 is 1.17 bits per heavy atom. The summed E-state index contributed by atoms with van der Waals surface area (Å²) >= 11 is 0. The molecule has 0 atom stereocenters. The molecule has 1 aromatic carbocycles. The highest BCUT2D eigenvalue weighted by Gasteiger charge is 2.06. The van der Waals surface area contributed by atoms with E-state index in [1.165, 1.54) is 43.7 Å². The van der Waals surface area contributed by atoms with Gasteiger partial charge >= 0.3 is 0 Å². The lowest BCUT2D eigenvalue weighted by molar-refractivity contribution is 0.298. The first-order valence-corrected chi connectivity index (χ1v) is 7.01. The van der Waals surface area contributed by atoms with Crippen molar-refractivity contribution in [3.8, 4) is 0 Å². The van der Waals surface area contributed by atoms with Crippen molar-refractivity contribution >= 4 is 6.08 Å². The third-order valence-corrected chi connectivity index (χ3v) is 3.43. The van der Waals surface area contributed by atoms with Crippen LogP contribution in [0, 0.1) is 6.92 Å². The molecule has 1 aliphatic rings. The molecule has 98 valence electrons. The van der Waals surface area contributed by atoms with E-state index >= 15 is 0 Å². The standard InChI is InChI=1S/C16H24N2/c1-15-6-8-16(9-7-15)5-2-3-12-18-13-4-10-17-11-14-18/h2,5-9,17H,3-4,10-14H2,1H3/b5-2+. The molecule has 1 N–H and O–H groups in total. The monoisotopic (exact) mass is 244 g/mol. The number of aryl methyl sites for hydroxylation is 1. The van der Waals surface area contributed by atoms with Crippen molar-refractivity contribution in [1.29, 1.82) is 0 Å². The second kappa shape index (κ2) is 7.34. The molecule has 0 saturated carbocycles. The highest BCUT2D eigenvalue weighted by Crippen LogP contribution is 2.06. The van der Waals surface area contributed by atoms with E-state index in [4.69, 9.17) is 0 Å². The average molecular weight is 244 g/mol. The topological polar surface area (TPSA) is 15.3 Å². The Balaban J connectivity index is 1.72. The first-order chi connectivity index (χ1) is 8.84. The molecule has 0 spiro atoms. The summed E-state index contributed by atoms with van der Waals surface area (Å²) < 4.78 is 0. The van der Waals surface area contributed by atoms with Crippen LogP contribution in [0.4, 0.5) is 0 Å². The average Bonchev–Trinajstić information content (AvgIpc) is 2.65. The van der Waals surface area contributed by atoms with Crippen molar-refractivity contribution in [1.82, 2.24) is 10.2 Å². The minimum absolute atomic E-state index is 1.14. The van der Waals surface area contributed by atoms with Crippen molar-refractivity contribution in [3.05, 3.63) is 41.5 Å². The fourth-order valence-electron chi connectivity index (χ4n) is 2.28. The molecule has 1 aromatic rings. The summed E-state index contributed by atoms with van der Waals surface area (Å²) in [5.74, 6) is 0. The Morgan fingerprint density at radius 3 is 2.83 bits per heavy atom. The molecule has 0 radical (unpaired) electrons. The van der Waals surface area contributed by atoms with Crippen LogP contribution in [0.15, 0.2) is 30.3 Å². The van der Waals surface area contributed by atoms with Crippen molar-refractivity contribution in [2.75, 3.05) is 32.7 Å². The lowest BCUT2D eigenvalue weighted by atomic mass is 10.1. The molecule has 2 heteroatoms. The van der Waals surface area contributed by atoms with Gasteiger partial charge in [-0.15, -0.1) is 0 Å². The van der Waals surface area contributed by atoms with Gasteiger partial charge in [0.1, 0.15) is 0 Å². The number of benzene rings is 1. The first kappa shape index (κ1) is 13.3. The third-order valence-electron chi connectivity index (χ3n) is 3.43. The number of hydrogen-bond acceptors (Lipinski definition) is 2. The van der Waals surface area contributed by atoms with E-state index in [0.717, 1.165) is 13.0 Å². The molecule has 0 bridgehead atoms. The minimum atomic E-state index is 1.14. The maximum absolute atomic E-state index is 3.44. The van der Waals surface area contributed by atoms with Gasteiger partial charge in [-0.25, -0.2) is 0 Å². The Labute approximate surface area is 111 Å². The van der Waals surface area contributed by atoms with Crippen molar-refractivity contribution in [2.45, 2.75) is 19.8 Å². The predicted molar refractivity (Wildman–Crippen MR) is 78.8 cm³/mol. The molecule has 0 amide bonds. The van der Waals surface area contributed by atoms with Gasteiger partial charge in [0.2, 0.25) is 0 Å². The molecule has 0 unspecified atom stereocenters. The van der Waals surface area contributed by atoms with Crippen LogP contribution in [0.5, 0.6) is 0 Å². The van der Waals surface area contributed by atoms with E-state index in [0.29, 0.717) is 0 Å². The SMILES string of the molecule is Cc1ccc(/C=C/CCN2CCCNCC2)cc1. The van der Waals surface area contributed by atoms with Crippen LogP contribution in [0.2, 0.25) is 0 Å². The van der Waals surface area contributed by atoms with Crippen LogP contribution >= 0.6 is 0 Å². The molecule has 0 aromatic heterocycles. The molecule has 1 fully saturated rings. The second-order valence-corrected chi connectivity index (χ2v) is 5.05. The van der Waals surface area contributed by atoms with E-state index in [1.54, 1.807) is 0 Å². The van der Waals surface area contributed by atoms with Gasteiger partial charge in [0.05, 0.1) is 0 Å². The Kier molecular flexibility index (Phi) is 5.43. The number of rotatable bonds is 4. The largest absolute Gasteiger partial charge is 0.315 e. The minimum Gasteiger partial charge on any atom is -0.315 e. The molecule has 2 nitrogen and oxygen atoms in total. The lowest BCUT2D eigenvalue weighted by Gasteiger charge is -2.17. The van der Waals surface area contributed by atoms with Crippen LogP contribution in [-0.2, 0) is 0 Å².